The van der Waals surface area contributed by atoms with Crippen LogP contribution < -0.4 is 4.74 Å². The molecule has 0 unspecified atom stereocenters. The van der Waals surface area contributed by atoms with E-state index in [1.165, 1.54) is 18.2 Å². The number of rotatable bonds is 6. The maximum absolute atomic E-state index is 11.6. The van der Waals surface area contributed by atoms with Crippen molar-refractivity contribution in [2.75, 3.05) is 12.9 Å². The van der Waals surface area contributed by atoms with Gasteiger partial charge in [0, 0.05) is 6.26 Å². The first-order valence-electron chi connectivity index (χ1n) is 7.13. The fourth-order valence-electron chi connectivity index (χ4n) is 2.12. The number of benzene rings is 2. The number of hydrogen-bond donors (Lipinski definition) is 1. The monoisotopic (exact) mass is 334 g/mol. The van der Waals surface area contributed by atoms with Crippen molar-refractivity contribution in [3.8, 4) is 16.9 Å². The summed E-state index contributed by atoms with van der Waals surface area (Å²) in [5.74, 6) is -0.778. The van der Waals surface area contributed by atoms with E-state index >= 15 is 0 Å². The second-order valence-electron chi connectivity index (χ2n) is 5.16. The van der Waals surface area contributed by atoms with Crippen molar-refractivity contribution in [2.45, 2.75) is 18.2 Å². The third-order valence-corrected chi connectivity index (χ3v) is 4.38. The Bertz CT molecular complexity index is 825. The van der Waals surface area contributed by atoms with Crippen molar-refractivity contribution >= 4 is 15.8 Å². The minimum absolute atomic E-state index is 0.0562. The highest BCUT2D eigenvalue weighted by molar-refractivity contribution is 7.90. The van der Waals surface area contributed by atoms with Crippen LogP contribution in [0, 0.1) is 0 Å². The highest BCUT2D eigenvalue weighted by atomic mass is 32.2. The summed E-state index contributed by atoms with van der Waals surface area (Å²) in [7, 11) is -3.32. The molecule has 0 atom stereocenters. The van der Waals surface area contributed by atoms with Gasteiger partial charge in [0.25, 0.3) is 0 Å². The first-order chi connectivity index (χ1) is 10.8. The number of sulfone groups is 1. The van der Waals surface area contributed by atoms with E-state index in [1.807, 2.05) is 6.92 Å². The smallest absolute Gasteiger partial charge is 0.339 e. The van der Waals surface area contributed by atoms with Crippen LogP contribution in [0.1, 0.15) is 23.7 Å². The molecule has 23 heavy (non-hydrogen) atoms. The lowest BCUT2D eigenvalue weighted by Gasteiger charge is -2.11. The lowest BCUT2D eigenvalue weighted by molar-refractivity contribution is 0.0692. The average molecular weight is 334 g/mol. The number of aromatic carboxylic acids is 1. The second kappa shape index (κ2) is 6.83. The van der Waals surface area contributed by atoms with E-state index in [0.29, 0.717) is 23.5 Å². The van der Waals surface area contributed by atoms with Crippen molar-refractivity contribution in [2.24, 2.45) is 0 Å². The Morgan fingerprint density at radius 1 is 1.13 bits per heavy atom. The Morgan fingerprint density at radius 2 is 1.83 bits per heavy atom. The van der Waals surface area contributed by atoms with Gasteiger partial charge in [0.15, 0.2) is 9.84 Å². The predicted octanol–water partition coefficient (Wildman–Crippen LogP) is 3.24. The van der Waals surface area contributed by atoms with Crippen LogP contribution in [0.5, 0.6) is 5.75 Å². The molecule has 0 amide bonds. The van der Waals surface area contributed by atoms with Gasteiger partial charge < -0.3 is 9.84 Å². The van der Waals surface area contributed by atoms with Gasteiger partial charge in [-0.1, -0.05) is 25.1 Å². The first kappa shape index (κ1) is 17.0. The summed E-state index contributed by atoms with van der Waals surface area (Å²) in [6.45, 7) is 2.37. The molecular weight excluding hydrogens is 316 g/mol. The molecule has 2 rings (SSSR count). The highest BCUT2D eigenvalue weighted by Gasteiger charge is 2.14. The van der Waals surface area contributed by atoms with Gasteiger partial charge in [-0.15, -0.1) is 0 Å². The van der Waals surface area contributed by atoms with E-state index in [2.05, 4.69) is 0 Å². The Labute approximate surface area is 135 Å². The van der Waals surface area contributed by atoms with Gasteiger partial charge in [-0.05, 0) is 41.8 Å². The Kier molecular flexibility index (Phi) is 5.05. The standard InChI is InChI=1S/C17H18O5S/c1-3-9-22-16-8-7-13(11-15(16)17(18)19)12-5-4-6-14(10-12)23(2,20)21/h4-8,10-11H,3,9H2,1-2H3,(H,18,19). The van der Waals surface area contributed by atoms with E-state index in [1.54, 1.807) is 24.3 Å². The number of hydrogen-bond acceptors (Lipinski definition) is 4. The molecule has 0 heterocycles. The number of carboxylic acid groups (broad SMARTS) is 1. The third-order valence-electron chi connectivity index (χ3n) is 3.27. The molecule has 2 aromatic rings. The number of ether oxygens (including phenoxy) is 1. The zero-order chi connectivity index (χ0) is 17.0. The molecule has 0 aliphatic heterocycles. The third kappa shape index (κ3) is 4.10. The first-order valence-corrected chi connectivity index (χ1v) is 9.02. The van der Waals surface area contributed by atoms with Gasteiger partial charge in [-0.2, -0.15) is 0 Å². The highest BCUT2D eigenvalue weighted by Crippen LogP contribution is 2.28. The van der Waals surface area contributed by atoms with Crippen LogP contribution >= 0.6 is 0 Å². The summed E-state index contributed by atoms with van der Waals surface area (Å²) in [4.78, 5) is 11.6. The molecule has 0 fully saturated rings. The Morgan fingerprint density at radius 3 is 2.43 bits per heavy atom. The van der Waals surface area contributed by atoms with Crippen molar-refractivity contribution in [1.29, 1.82) is 0 Å². The summed E-state index contributed by atoms with van der Waals surface area (Å²) in [6, 6.07) is 11.2. The van der Waals surface area contributed by atoms with Crippen LogP contribution in [-0.4, -0.2) is 32.4 Å². The maximum Gasteiger partial charge on any atom is 0.339 e. The molecule has 0 bridgehead atoms. The molecule has 0 aliphatic rings. The molecule has 0 aromatic heterocycles. The molecule has 122 valence electrons. The average Bonchev–Trinajstić information content (AvgIpc) is 2.52. The Balaban J connectivity index is 2.48. The van der Waals surface area contributed by atoms with Crippen molar-refractivity contribution in [1.82, 2.24) is 0 Å². The molecule has 2 aromatic carbocycles. The predicted molar refractivity (Wildman–Crippen MR) is 87.7 cm³/mol. The Hall–Kier alpha value is -2.34. The minimum Gasteiger partial charge on any atom is -0.493 e. The van der Waals surface area contributed by atoms with E-state index in [0.717, 1.165) is 12.7 Å². The van der Waals surface area contributed by atoms with Gasteiger partial charge in [0.2, 0.25) is 0 Å². The van der Waals surface area contributed by atoms with Crippen LogP contribution in [0.15, 0.2) is 47.4 Å². The molecule has 0 spiro atoms. The SMILES string of the molecule is CCCOc1ccc(-c2cccc(S(C)(=O)=O)c2)cc1C(=O)O. The van der Waals surface area contributed by atoms with Gasteiger partial charge in [0.1, 0.15) is 11.3 Å². The van der Waals surface area contributed by atoms with Crippen LogP contribution in [-0.2, 0) is 9.84 Å². The van der Waals surface area contributed by atoms with Gasteiger partial charge in [-0.25, -0.2) is 13.2 Å². The lowest BCUT2D eigenvalue weighted by atomic mass is 10.0. The van der Waals surface area contributed by atoms with Gasteiger partial charge >= 0.3 is 5.97 Å². The summed E-state index contributed by atoms with van der Waals surface area (Å²) in [5, 5.41) is 9.34. The second-order valence-corrected chi connectivity index (χ2v) is 7.18. The van der Waals surface area contributed by atoms with Crippen LogP contribution in [0.4, 0.5) is 0 Å². The van der Waals surface area contributed by atoms with Crippen LogP contribution in [0.3, 0.4) is 0 Å². The topological polar surface area (TPSA) is 80.7 Å². The van der Waals surface area contributed by atoms with Gasteiger partial charge in [0.05, 0.1) is 11.5 Å². The van der Waals surface area contributed by atoms with Gasteiger partial charge in [-0.3, -0.25) is 0 Å². The summed E-state index contributed by atoms with van der Waals surface area (Å²) < 4.78 is 28.7. The minimum atomic E-state index is -3.32. The van der Waals surface area contributed by atoms with E-state index in [-0.39, 0.29) is 10.5 Å². The van der Waals surface area contributed by atoms with Crippen molar-refractivity contribution in [3.05, 3.63) is 48.0 Å². The molecule has 0 aliphatic carbocycles. The van der Waals surface area contributed by atoms with Crippen molar-refractivity contribution < 1.29 is 23.1 Å². The number of carbonyl (C=O) groups is 1. The molecule has 0 saturated carbocycles. The molecule has 0 saturated heterocycles. The summed E-state index contributed by atoms with van der Waals surface area (Å²) in [6.07, 6.45) is 1.91. The number of carboxylic acids is 1. The lowest BCUT2D eigenvalue weighted by Crippen LogP contribution is -2.04. The molecular formula is C17H18O5S. The largest absolute Gasteiger partial charge is 0.493 e. The molecule has 1 N–H and O–H groups in total. The normalized spacial score (nSPS) is 11.2. The molecule has 5 nitrogen and oxygen atoms in total. The zero-order valence-electron chi connectivity index (χ0n) is 12.9. The zero-order valence-corrected chi connectivity index (χ0v) is 13.8. The molecule has 6 heteroatoms. The summed E-state index contributed by atoms with van der Waals surface area (Å²) in [5.41, 5.74) is 1.31. The molecule has 0 radical (unpaired) electrons. The van der Waals surface area contributed by atoms with Crippen molar-refractivity contribution in [3.63, 3.8) is 0 Å². The van der Waals surface area contributed by atoms with Crippen LogP contribution in [0.25, 0.3) is 11.1 Å². The van der Waals surface area contributed by atoms with E-state index in [9.17, 15) is 18.3 Å². The van der Waals surface area contributed by atoms with E-state index < -0.39 is 15.8 Å². The summed E-state index contributed by atoms with van der Waals surface area (Å²) >= 11 is 0. The quantitative estimate of drug-likeness (QED) is 0.877. The van der Waals surface area contributed by atoms with Crippen LogP contribution in [0.2, 0.25) is 0 Å². The fourth-order valence-corrected chi connectivity index (χ4v) is 2.79. The fraction of sp³-hybridized carbons (Fsp3) is 0.235. The maximum atomic E-state index is 11.6. The van der Waals surface area contributed by atoms with E-state index in [4.69, 9.17) is 4.74 Å².